The lowest BCUT2D eigenvalue weighted by Crippen LogP contribution is -2.39. The van der Waals surface area contributed by atoms with Crippen LogP contribution in [0.2, 0.25) is 0 Å². The predicted molar refractivity (Wildman–Crippen MR) is 111 cm³/mol. The van der Waals surface area contributed by atoms with E-state index in [1.54, 1.807) is 18.2 Å². The number of Topliss-reactive ketones (excluding diaryl/α,β-unsaturated/α-hetero) is 1. The Morgan fingerprint density at radius 1 is 1.17 bits per heavy atom. The molecule has 1 aromatic heterocycles. The fourth-order valence-electron chi connectivity index (χ4n) is 4.31. The molecule has 0 spiro atoms. The minimum atomic E-state index is -1.05. The van der Waals surface area contributed by atoms with Crippen molar-refractivity contribution in [3.05, 3.63) is 59.7 Å². The minimum absolute atomic E-state index is 0.0426. The Balaban J connectivity index is 1.92. The number of furan rings is 1. The van der Waals surface area contributed by atoms with Gasteiger partial charge in [0.05, 0.1) is 24.1 Å². The molecule has 30 heavy (non-hydrogen) atoms. The van der Waals surface area contributed by atoms with Crippen molar-refractivity contribution >= 4 is 29.0 Å². The first-order valence-electron chi connectivity index (χ1n) is 9.96. The third-order valence-corrected chi connectivity index (χ3v) is 5.53. The molecule has 1 amide bonds. The van der Waals surface area contributed by atoms with Gasteiger partial charge in [-0.1, -0.05) is 26.0 Å². The number of para-hydroxylation sites is 2. The van der Waals surface area contributed by atoms with Gasteiger partial charge >= 0.3 is 5.97 Å². The number of carbonyl (C=O) groups is 3. The van der Waals surface area contributed by atoms with Gasteiger partial charge in [0.25, 0.3) is 0 Å². The predicted octanol–water partition coefficient (Wildman–Crippen LogP) is 4.29. The van der Waals surface area contributed by atoms with Crippen LogP contribution < -0.4 is 10.2 Å². The van der Waals surface area contributed by atoms with E-state index in [0.717, 1.165) is 5.70 Å². The molecule has 156 valence electrons. The summed E-state index contributed by atoms with van der Waals surface area (Å²) in [5.41, 5.74) is 2.36. The van der Waals surface area contributed by atoms with E-state index in [4.69, 9.17) is 9.52 Å². The maximum atomic E-state index is 13.3. The van der Waals surface area contributed by atoms with E-state index in [-0.39, 0.29) is 29.9 Å². The number of nitrogens with zero attached hydrogens (tertiary/aromatic N) is 1. The van der Waals surface area contributed by atoms with Crippen molar-refractivity contribution in [1.82, 2.24) is 0 Å². The number of allylic oxidation sites excluding steroid dienone is 1. The molecule has 0 bridgehead atoms. The number of benzene rings is 1. The van der Waals surface area contributed by atoms with Gasteiger partial charge in [-0.3, -0.25) is 19.3 Å². The van der Waals surface area contributed by atoms with E-state index >= 15 is 0 Å². The number of aliphatic carboxylic acids is 1. The summed E-state index contributed by atoms with van der Waals surface area (Å²) < 4.78 is 5.67. The van der Waals surface area contributed by atoms with Crippen molar-refractivity contribution in [2.75, 3.05) is 10.2 Å². The van der Waals surface area contributed by atoms with Crippen LogP contribution in [-0.4, -0.2) is 22.8 Å². The van der Waals surface area contributed by atoms with E-state index in [2.05, 4.69) is 5.32 Å². The number of rotatable bonds is 4. The Labute approximate surface area is 174 Å². The number of nitrogens with one attached hydrogen (secondary N) is 1. The van der Waals surface area contributed by atoms with Crippen LogP contribution in [0, 0.1) is 5.41 Å². The highest BCUT2D eigenvalue weighted by Gasteiger charge is 2.44. The number of carbonyl (C=O) groups excluding carboxylic acids is 2. The second kappa shape index (κ2) is 7.48. The lowest BCUT2D eigenvalue weighted by atomic mass is 9.74. The number of carboxylic acids is 1. The van der Waals surface area contributed by atoms with E-state index in [0.29, 0.717) is 35.5 Å². The first-order valence-corrected chi connectivity index (χ1v) is 9.96. The largest absolute Gasteiger partial charge is 0.481 e. The fourth-order valence-corrected chi connectivity index (χ4v) is 4.31. The third kappa shape index (κ3) is 3.63. The smallest absolute Gasteiger partial charge is 0.303 e. The molecule has 2 heterocycles. The first-order chi connectivity index (χ1) is 14.3. The summed E-state index contributed by atoms with van der Waals surface area (Å²) in [6, 6.07) is 10.0. The lowest BCUT2D eigenvalue weighted by Gasteiger charge is -2.36. The average Bonchev–Trinajstić information content (AvgIpc) is 3.15. The van der Waals surface area contributed by atoms with Crippen LogP contribution in [0.1, 0.15) is 51.3 Å². The molecule has 0 saturated carbocycles. The van der Waals surface area contributed by atoms with Crippen LogP contribution in [0.4, 0.5) is 11.4 Å². The van der Waals surface area contributed by atoms with Crippen LogP contribution in [0.15, 0.2) is 58.3 Å². The maximum Gasteiger partial charge on any atom is 0.303 e. The molecule has 4 rings (SSSR count). The monoisotopic (exact) mass is 408 g/mol. The summed E-state index contributed by atoms with van der Waals surface area (Å²) in [5.74, 6) is -0.995. The summed E-state index contributed by atoms with van der Waals surface area (Å²) in [7, 11) is 0. The number of fused-ring (bicyclic) bond motifs is 1. The number of anilines is 2. The summed E-state index contributed by atoms with van der Waals surface area (Å²) in [6.07, 6.45) is 2.05. The molecule has 0 fully saturated rings. The molecular formula is C23H24N2O5. The Bertz CT molecular complexity index is 1040. The molecular weight excluding hydrogens is 384 g/mol. The number of carboxylic acid groups (broad SMARTS) is 1. The van der Waals surface area contributed by atoms with Gasteiger partial charge in [-0.2, -0.15) is 0 Å². The van der Waals surface area contributed by atoms with Crippen LogP contribution >= 0.6 is 0 Å². The van der Waals surface area contributed by atoms with Crippen LogP contribution in [0.25, 0.3) is 0 Å². The van der Waals surface area contributed by atoms with E-state index in [9.17, 15) is 14.4 Å². The van der Waals surface area contributed by atoms with Gasteiger partial charge in [-0.25, -0.2) is 0 Å². The molecule has 2 aliphatic rings. The summed E-state index contributed by atoms with van der Waals surface area (Å²) in [6.45, 7) is 4.09. The first kappa shape index (κ1) is 19.9. The fraction of sp³-hybridized carbons (Fsp3) is 0.348. The zero-order chi connectivity index (χ0) is 21.5. The van der Waals surface area contributed by atoms with Gasteiger partial charge in [0.15, 0.2) is 5.78 Å². The molecule has 1 aliphatic heterocycles. The normalized spacial score (nSPS) is 20.1. The Morgan fingerprint density at radius 3 is 2.63 bits per heavy atom. The number of hydrogen-bond donors (Lipinski definition) is 2. The molecule has 0 unspecified atom stereocenters. The second-order valence-corrected chi connectivity index (χ2v) is 8.55. The average molecular weight is 408 g/mol. The van der Waals surface area contributed by atoms with Crippen molar-refractivity contribution < 1.29 is 23.9 Å². The van der Waals surface area contributed by atoms with Crippen molar-refractivity contribution in [2.24, 2.45) is 5.41 Å². The SMILES string of the molecule is CC1(C)CC(=O)C2=C(C1)Nc1ccccc1N(C(=O)CCC(=O)O)[C@@H]2c1ccco1. The topological polar surface area (TPSA) is 99.9 Å². The highest BCUT2D eigenvalue weighted by Crippen LogP contribution is 2.48. The van der Waals surface area contributed by atoms with Gasteiger partial charge in [0, 0.05) is 24.1 Å². The molecule has 7 nitrogen and oxygen atoms in total. The van der Waals surface area contributed by atoms with Gasteiger partial charge < -0.3 is 14.8 Å². The minimum Gasteiger partial charge on any atom is -0.481 e. The van der Waals surface area contributed by atoms with Crippen molar-refractivity contribution in [3.8, 4) is 0 Å². The molecule has 0 saturated heterocycles. The highest BCUT2D eigenvalue weighted by molar-refractivity contribution is 6.06. The quantitative estimate of drug-likeness (QED) is 0.783. The molecule has 2 aromatic rings. The van der Waals surface area contributed by atoms with E-state index in [1.807, 2.05) is 32.0 Å². The standard InChI is InChI=1S/C23H24N2O5/c1-23(2)12-15-21(17(26)13-23)22(18-8-5-11-30-18)25(19(27)9-10-20(28)29)16-7-4-3-6-14(16)24-15/h3-8,11,22,24H,9-10,12-13H2,1-2H3,(H,28,29)/t22-/m1/s1. The second-order valence-electron chi connectivity index (χ2n) is 8.55. The maximum absolute atomic E-state index is 13.3. The Kier molecular flexibility index (Phi) is 4.97. The van der Waals surface area contributed by atoms with Gasteiger partial charge in [0.2, 0.25) is 5.91 Å². The summed E-state index contributed by atoms with van der Waals surface area (Å²) >= 11 is 0. The Morgan fingerprint density at radius 2 is 1.93 bits per heavy atom. The van der Waals surface area contributed by atoms with Gasteiger partial charge in [-0.15, -0.1) is 0 Å². The number of hydrogen-bond acceptors (Lipinski definition) is 5. The number of ketones is 1. The molecule has 1 aliphatic carbocycles. The van der Waals surface area contributed by atoms with Crippen LogP contribution in [0.5, 0.6) is 0 Å². The highest BCUT2D eigenvalue weighted by atomic mass is 16.4. The molecule has 1 atom stereocenters. The van der Waals surface area contributed by atoms with Gasteiger partial charge in [0.1, 0.15) is 11.8 Å². The zero-order valence-electron chi connectivity index (χ0n) is 17.0. The van der Waals surface area contributed by atoms with Crippen molar-refractivity contribution in [1.29, 1.82) is 0 Å². The van der Waals surface area contributed by atoms with Crippen LogP contribution in [-0.2, 0) is 14.4 Å². The molecule has 2 N–H and O–H groups in total. The lowest BCUT2D eigenvalue weighted by molar-refractivity contribution is -0.138. The van der Waals surface area contributed by atoms with Crippen molar-refractivity contribution in [3.63, 3.8) is 0 Å². The van der Waals surface area contributed by atoms with E-state index < -0.39 is 12.0 Å². The third-order valence-electron chi connectivity index (χ3n) is 5.53. The zero-order valence-corrected chi connectivity index (χ0v) is 17.0. The number of amides is 1. The molecule has 7 heteroatoms. The summed E-state index contributed by atoms with van der Waals surface area (Å²) in [5, 5.41) is 12.5. The van der Waals surface area contributed by atoms with Crippen molar-refractivity contribution in [2.45, 2.75) is 45.6 Å². The Hall–Kier alpha value is -3.35. The van der Waals surface area contributed by atoms with Crippen LogP contribution in [0.3, 0.4) is 0 Å². The summed E-state index contributed by atoms with van der Waals surface area (Å²) in [4.78, 5) is 39.2. The molecule has 1 aromatic carbocycles. The molecule has 0 radical (unpaired) electrons. The van der Waals surface area contributed by atoms with Gasteiger partial charge in [-0.05, 0) is 36.1 Å². The van der Waals surface area contributed by atoms with E-state index in [1.165, 1.54) is 11.2 Å².